The van der Waals surface area contributed by atoms with Crippen molar-refractivity contribution < 1.29 is 33.8 Å². The summed E-state index contributed by atoms with van der Waals surface area (Å²) < 4.78 is 13.4. The third-order valence-corrected chi connectivity index (χ3v) is 14.4. The second-order valence-corrected chi connectivity index (χ2v) is 20.0. The van der Waals surface area contributed by atoms with E-state index in [1.165, 1.54) is 0 Å². The molecule has 4 aliphatic heterocycles. The summed E-state index contributed by atoms with van der Waals surface area (Å²) in [5.41, 5.74) is 3.79. The minimum Gasteiger partial charge on any atom is -0.482 e. The van der Waals surface area contributed by atoms with Crippen molar-refractivity contribution in [3.05, 3.63) is 118 Å². The molecule has 8 rings (SSSR count). The second kappa shape index (κ2) is 13.5. The van der Waals surface area contributed by atoms with Crippen LogP contribution in [-0.2, 0) is 44.2 Å². The Balaban J connectivity index is 1.12. The predicted octanol–water partition coefficient (Wildman–Crippen LogP) is 6.19. The topological polar surface area (TPSA) is 120 Å². The number of carbonyl (C=O) groups excluding carboxylic acids is 3. The van der Waals surface area contributed by atoms with Crippen LogP contribution in [0.15, 0.2) is 95.5 Å². The molecule has 274 valence electrons. The standard InChI is InChI=1S/C41H42BrN3O7Si/c1-25-39(53(2,3)50)36(20-37(47)43-22-28-11-5-4-10-27(28)18-31(43)23-46)52-41(25)32-19-29(42)15-16-33(32)44(40(41)49)21-26-9-8-12-30(17-26)45-34-13-6-7-14-35(34)51-24-38(45)48/h4-17,19,25,31,36,39,46,50H,18,20-24H2,1-3H3/t25-,31-,36+,39-,41+/m0/s1. The molecule has 3 amide bonds. The van der Waals surface area contributed by atoms with Crippen LogP contribution in [0.25, 0.3) is 0 Å². The van der Waals surface area contributed by atoms with Gasteiger partial charge < -0.3 is 29.2 Å². The Morgan fingerprint density at radius 1 is 0.962 bits per heavy atom. The molecule has 5 atom stereocenters. The first kappa shape index (κ1) is 35.7. The van der Waals surface area contributed by atoms with Gasteiger partial charge in [-0.05, 0) is 78.7 Å². The molecule has 0 saturated carbocycles. The van der Waals surface area contributed by atoms with Crippen molar-refractivity contribution >= 4 is 59.0 Å². The summed E-state index contributed by atoms with van der Waals surface area (Å²) in [6.45, 7) is 5.99. The van der Waals surface area contributed by atoms with E-state index in [2.05, 4.69) is 15.9 Å². The fraction of sp³-hybridized carbons (Fsp3) is 0.341. The Labute approximate surface area is 318 Å². The number of hydrogen-bond acceptors (Lipinski definition) is 7. The average molecular weight is 797 g/mol. The Morgan fingerprint density at radius 2 is 1.72 bits per heavy atom. The number of carbonyl (C=O) groups is 3. The van der Waals surface area contributed by atoms with E-state index < -0.39 is 31.5 Å². The monoisotopic (exact) mass is 795 g/mol. The highest BCUT2D eigenvalue weighted by atomic mass is 79.9. The molecule has 0 radical (unpaired) electrons. The Morgan fingerprint density at radius 3 is 2.49 bits per heavy atom. The van der Waals surface area contributed by atoms with Gasteiger partial charge >= 0.3 is 0 Å². The van der Waals surface area contributed by atoms with Crippen LogP contribution in [0.4, 0.5) is 17.1 Å². The summed E-state index contributed by atoms with van der Waals surface area (Å²) in [5, 5.41) is 10.3. The number of amides is 3. The highest BCUT2D eigenvalue weighted by Gasteiger charge is 2.66. The van der Waals surface area contributed by atoms with Gasteiger partial charge in [0.1, 0.15) is 5.75 Å². The lowest BCUT2D eigenvalue weighted by Gasteiger charge is -2.37. The molecule has 4 aromatic rings. The number of halogens is 1. The molecule has 12 heteroatoms. The number of anilines is 3. The largest absolute Gasteiger partial charge is 0.482 e. The smallest absolute Gasteiger partial charge is 0.269 e. The number of ether oxygens (including phenoxy) is 2. The van der Waals surface area contributed by atoms with Crippen LogP contribution in [0.5, 0.6) is 5.75 Å². The maximum atomic E-state index is 15.1. The van der Waals surface area contributed by atoms with E-state index in [1.54, 1.807) is 14.7 Å². The van der Waals surface area contributed by atoms with Crippen molar-refractivity contribution in [3.63, 3.8) is 0 Å². The number of fused-ring (bicyclic) bond motifs is 4. The number of para-hydroxylation sites is 2. The number of aliphatic hydroxyl groups excluding tert-OH is 1. The number of benzene rings is 4. The first-order valence-electron chi connectivity index (χ1n) is 18.0. The van der Waals surface area contributed by atoms with Crippen LogP contribution < -0.4 is 14.5 Å². The third-order valence-electron chi connectivity index (χ3n) is 11.4. The predicted molar refractivity (Wildman–Crippen MR) is 206 cm³/mol. The maximum absolute atomic E-state index is 15.1. The molecule has 53 heavy (non-hydrogen) atoms. The lowest BCUT2D eigenvalue weighted by atomic mass is 9.82. The van der Waals surface area contributed by atoms with Gasteiger partial charge in [0, 0.05) is 33.7 Å². The van der Waals surface area contributed by atoms with Gasteiger partial charge in [-0.1, -0.05) is 71.4 Å². The van der Waals surface area contributed by atoms with Gasteiger partial charge in [0.25, 0.3) is 11.8 Å². The first-order chi connectivity index (χ1) is 25.4. The van der Waals surface area contributed by atoms with Crippen LogP contribution in [0.1, 0.15) is 35.6 Å². The highest BCUT2D eigenvalue weighted by molar-refractivity contribution is 9.10. The van der Waals surface area contributed by atoms with Gasteiger partial charge in [0.2, 0.25) is 5.91 Å². The fourth-order valence-electron chi connectivity index (χ4n) is 9.10. The summed E-state index contributed by atoms with van der Waals surface area (Å²) >= 11 is 3.63. The van der Waals surface area contributed by atoms with Crippen LogP contribution in [-0.4, -0.2) is 66.2 Å². The van der Waals surface area contributed by atoms with Gasteiger partial charge in [-0.25, -0.2) is 0 Å². The number of aliphatic hydroxyl groups is 1. The van der Waals surface area contributed by atoms with E-state index >= 15 is 4.79 Å². The quantitative estimate of drug-likeness (QED) is 0.214. The molecule has 0 aliphatic carbocycles. The third kappa shape index (κ3) is 6.00. The van der Waals surface area contributed by atoms with Crippen LogP contribution >= 0.6 is 15.9 Å². The molecular weight excluding hydrogens is 754 g/mol. The van der Waals surface area contributed by atoms with Crippen LogP contribution in [0, 0.1) is 5.92 Å². The zero-order valence-corrected chi connectivity index (χ0v) is 32.5. The zero-order chi connectivity index (χ0) is 37.2. The molecule has 1 fully saturated rings. The summed E-state index contributed by atoms with van der Waals surface area (Å²) in [6, 6.07) is 28.3. The van der Waals surface area contributed by atoms with Crippen molar-refractivity contribution in [3.8, 4) is 5.75 Å². The lowest BCUT2D eigenvalue weighted by Crippen LogP contribution is -2.48. The summed E-state index contributed by atoms with van der Waals surface area (Å²) in [7, 11) is -3.04. The van der Waals surface area contributed by atoms with Gasteiger partial charge in [-0.3, -0.25) is 19.3 Å². The SMILES string of the molecule is C[C@H]1[C@H]([Si](C)(C)O)[C@@H](CC(=O)N2Cc3ccccc3C[C@H]2CO)O[C@]12C(=O)N(Cc1cccc(N3C(=O)COc4ccccc43)c1)c1ccc(Br)cc12. The maximum Gasteiger partial charge on any atom is 0.269 e. The Kier molecular flexibility index (Phi) is 9.09. The van der Waals surface area contributed by atoms with E-state index in [1.807, 2.05) is 111 Å². The van der Waals surface area contributed by atoms with E-state index in [9.17, 15) is 19.5 Å². The molecule has 0 bridgehead atoms. The molecule has 0 aromatic heterocycles. The molecule has 4 aromatic carbocycles. The van der Waals surface area contributed by atoms with Crippen molar-refractivity contribution in [1.29, 1.82) is 0 Å². The fourth-order valence-corrected chi connectivity index (χ4v) is 12.0. The average Bonchev–Trinajstić information content (AvgIpc) is 3.56. The minimum absolute atomic E-state index is 0.0277. The Hall–Kier alpha value is -4.33. The van der Waals surface area contributed by atoms with Crippen molar-refractivity contribution in [2.24, 2.45) is 5.92 Å². The van der Waals surface area contributed by atoms with Gasteiger partial charge in [0.05, 0.1) is 43.1 Å². The first-order valence-corrected chi connectivity index (χ1v) is 21.9. The van der Waals surface area contributed by atoms with E-state index in [4.69, 9.17) is 9.47 Å². The molecule has 4 aliphatic rings. The molecular formula is C41H42BrN3O7Si. The Bertz CT molecular complexity index is 2120. The molecule has 0 unspecified atom stereocenters. The number of nitrogens with zero attached hydrogens (tertiary/aromatic N) is 3. The second-order valence-electron chi connectivity index (χ2n) is 15.1. The van der Waals surface area contributed by atoms with Crippen LogP contribution in [0.3, 0.4) is 0 Å². The zero-order valence-electron chi connectivity index (χ0n) is 29.9. The van der Waals surface area contributed by atoms with E-state index in [-0.39, 0.29) is 49.9 Å². The summed E-state index contributed by atoms with van der Waals surface area (Å²) in [6.07, 6.45) is -0.205. The van der Waals surface area contributed by atoms with Crippen molar-refractivity contribution in [2.75, 3.05) is 23.0 Å². The van der Waals surface area contributed by atoms with E-state index in [0.29, 0.717) is 41.3 Å². The highest BCUT2D eigenvalue weighted by Crippen LogP contribution is 2.60. The van der Waals surface area contributed by atoms with Gasteiger partial charge in [-0.15, -0.1) is 0 Å². The van der Waals surface area contributed by atoms with Gasteiger partial charge in [0.15, 0.2) is 20.5 Å². The summed E-state index contributed by atoms with van der Waals surface area (Å²) in [5.74, 6) is -0.460. The normalized spacial score (nSPS) is 25.0. The lowest BCUT2D eigenvalue weighted by molar-refractivity contribution is -0.151. The minimum atomic E-state index is -3.04. The van der Waals surface area contributed by atoms with Crippen molar-refractivity contribution in [1.82, 2.24) is 4.90 Å². The number of rotatable bonds is 7. The number of hydrogen-bond donors (Lipinski definition) is 2. The molecule has 2 N–H and O–H groups in total. The van der Waals surface area contributed by atoms with Gasteiger partial charge in [-0.2, -0.15) is 0 Å². The molecule has 10 nitrogen and oxygen atoms in total. The van der Waals surface area contributed by atoms with Crippen molar-refractivity contribution in [2.45, 2.75) is 69.2 Å². The molecule has 4 heterocycles. The summed E-state index contributed by atoms with van der Waals surface area (Å²) in [4.78, 5) is 59.3. The van der Waals surface area contributed by atoms with Crippen LogP contribution in [0.2, 0.25) is 18.6 Å². The molecule has 1 spiro atoms. The molecule has 1 saturated heterocycles. The van der Waals surface area contributed by atoms with E-state index in [0.717, 1.165) is 21.2 Å².